The standard InChI is InChI=1S/C17H19NO2/c1-17(2,3)20-16(19)18-11-10-13-8-9-14-6-4-5-7-15(14)12-13/h4-12H,1-3H3,(H,18,19)/b11-10+. The molecule has 1 N–H and O–H groups in total. The summed E-state index contributed by atoms with van der Waals surface area (Å²) in [7, 11) is 0. The van der Waals surface area contributed by atoms with Gasteiger partial charge in [0, 0.05) is 6.20 Å². The van der Waals surface area contributed by atoms with E-state index in [-0.39, 0.29) is 0 Å². The lowest BCUT2D eigenvalue weighted by atomic mass is 10.1. The van der Waals surface area contributed by atoms with Crippen molar-refractivity contribution in [2.45, 2.75) is 26.4 Å². The number of rotatable bonds is 2. The molecule has 0 spiro atoms. The zero-order valence-electron chi connectivity index (χ0n) is 12.0. The van der Waals surface area contributed by atoms with Crippen molar-refractivity contribution in [3.8, 4) is 0 Å². The quantitative estimate of drug-likeness (QED) is 0.881. The minimum absolute atomic E-state index is 0.450. The van der Waals surface area contributed by atoms with Crippen LogP contribution in [-0.2, 0) is 4.74 Å². The van der Waals surface area contributed by atoms with E-state index in [0.29, 0.717) is 0 Å². The summed E-state index contributed by atoms with van der Waals surface area (Å²) >= 11 is 0. The van der Waals surface area contributed by atoms with E-state index in [4.69, 9.17) is 4.74 Å². The molecule has 0 bridgehead atoms. The first-order valence-corrected chi connectivity index (χ1v) is 6.59. The van der Waals surface area contributed by atoms with E-state index in [2.05, 4.69) is 29.6 Å². The molecule has 0 unspecified atom stereocenters. The van der Waals surface area contributed by atoms with Gasteiger partial charge in [0.1, 0.15) is 5.60 Å². The number of alkyl carbamates (subject to hydrolysis) is 1. The van der Waals surface area contributed by atoms with Crippen molar-refractivity contribution in [3.63, 3.8) is 0 Å². The van der Waals surface area contributed by atoms with Gasteiger partial charge in [-0.25, -0.2) is 4.79 Å². The van der Waals surface area contributed by atoms with Crippen LogP contribution in [0.15, 0.2) is 48.7 Å². The van der Waals surface area contributed by atoms with Gasteiger partial charge >= 0.3 is 6.09 Å². The molecule has 0 aliphatic carbocycles. The molecule has 0 saturated carbocycles. The lowest BCUT2D eigenvalue weighted by molar-refractivity contribution is 0.0553. The number of ether oxygens (including phenoxy) is 1. The minimum atomic E-state index is -0.485. The van der Waals surface area contributed by atoms with Crippen molar-refractivity contribution >= 4 is 22.9 Å². The van der Waals surface area contributed by atoms with Crippen LogP contribution in [0, 0.1) is 0 Å². The SMILES string of the molecule is CC(C)(C)OC(=O)N/C=C/c1ccc2ccccc2c1. The minimum Gasteiger partial charge on any atom is -0.444 e. The molecule has 2 aromatic rings. The van der Waals surface area contributed by atoms with Gasteiger partial charge in [0.05, 0.1) is 0 Å². The number of hydrogen-bond acceptors (Lipinski definition) is 2. The first-order chi connectivity index (χ1) is 9.44. The molecule has 0 atom stereocenters. The lowest BCUT2D eigenvalue weighted by Crippen LogP contribution is -2.29. The van der Waals surface area contributed by atoms with E-state index in [1.807, 2.05) is 45.0 Å². The first-order valence-electron chi connectivity index (χ1n) is 6.59. The summed E-state index contributed by atoms with van der Waals surface area (Å²) in [5.41, 5.74) is 0.542. The Balaban J connectivity index is 2.01. The number of benzene rings is 2. The number of carbonyl (C=O) groups is 1. The molecule has 0 fully saturated rings. The third-order valence-electron chi connectivity index (χ3n) is 2.65. The molecule has 1 amide bonds. The van der Waals surface area contributed by atoms with Crippen LogP contribution in [-0.4, -0.2) is 11.7 Å². The Labute approximate surface area is 119 Å². The third kappa shape index (κ3) is 4.12. The molecule has 0 radical (unpaired) electrons. The summed E-state index contributed by atoms with van der Waals surface area (Å²) in [6.45, 7) is 5.50. The van der Waals surface area contributed by atoms with Crippen molar-refractivity contribution in [1.29, 1.82) is 0 Å². The first kappa shape index (κ1) is 14.1. The van der Waals surface area contributed by atoms with Gasteiger partial charge < -0.3 is 4.74 Å². The highest BCUT2D eigenvalue weighted by molar-refractivity contribution is 5.84. The van der Waals surface area contributed by atoms with Crippen molar-refractivity contribution in [2.75, 3.05) is 0 Å². The van der Waals surface area contributed by atoms with Crippen molar-refractivity contribution in [1.82, 2.24) is 5.32 Å². The maximum Gasteiger partial charge on any atom is 0.411 e. The van der Waals surface area contributed by atoms with Crippen LogP contribution >= 0.6 is 0 Å². The highest BCUT2D eigenvalue weighted by atomic mass is 16.6. The molecule has 3 heteroatoms. The van der Waals surface area contributed by atoms with Crippen molar-refractivity contribution in [2.24, 2.45) is 0 Å². The highest BCUT2D eigenvalue weighted by Gasteiger charge is 2.14. The Morgan fingerprint density at radius 1 is 1.10 bits per heavy atom. The number of carbonyl (C=O) groups excluding carboxylic acids is 1. The van der Waals surface area contributed by atoms with Crippen LogP contribution in [0.3, 0.4) is 0 Å². The topological polar surface area (TPSA) is 38.3 Å². The summed E-state index contributed by atoms with van der Waals surface area (Å²) in [6, 6.07) is 14.3. The molecule has 0 saturated heterocycles. The number of nitrogens with one attached hydrogen (secondary N) is 1. The average Bonchev–Trinajstić information content (AvgIpc) is 2.36. The monoisotopic (exact) mass is 269 g/mol. The van der Waals surface area contributed by atoms with E-state index >= 15 is 0 Å². The fraction of sp³-hybridized carbons (Fsp3) is 0.235. The Bertz CT molecular complexity index is 639. The van der Waals surface area contributed by atoms with Gasteiger partial charge in [0.15, 0.2) is 0 Å². The molecule has 20 heavy (non-hydrogen) atoms. The second-order valence-electron chi connectivity index (χ2n) is 5.59. The second kappa shape index (κ2) is 5.78. The molecule has 2 aromatic carbocycles. The largest absolute Gasteiger partial charge is 0.444 e. The van der Waals surface area contributed by atoms with Gasteiger partial charge in [-0.1, -0.05) is 36.4 Å². The summed E-state index contributed by atoms with van der Waals surface area (Å²) in [6.07, 6.45) is 2.99. The van der Waals surface area contributed by atoms with Gasteiger partial charge in [-0.15, -0.1) is 0 Å². The number of hydrogen-bond donors (Lipinski definition) is 1. The zero-order chi connectivity index (χ0) is 14.6. The van der Waals surface area contributed by atoms with E-state index in [1.165, 1.54) is 10.8 Å². The van der Waals surface area contributed by atoms with E-state index in [9.17, 15) is 4.79 Å². The lowest BCUT2D eigenvalue weighted by Gasteiger charge is -2.18. The number of amides is 1. The van der Waals surface area contributed by atoms with Crippen molar-refractivity contribution in [3.05, 3.63) is 54.2 Å². The maximum atomic E-state index is 11.5. The molecule has 0 heterocycles. The summed E-state index contributed by atoms with van der Waals surface area (Å²) in [4.78, 5) is 11.5. The van der Waals surface area contributed by atoms with Crippen LogP contribution in [0.5, 0.6) is 0 Å². The maximum absolute atomic E-state index is 11.5. The van der Waals surface area contributed by atoms with E-state index in [0.717, 1.165) is 5.56 Å². The van der Waals surface area contributed by atoms with Crippen LogP contribution in [0.25, 0.3) is 16.8 Å². The Morgan fingerprint density at radius 2 is 1.80 bits per heavy atom. The van der Waals surface area contributed by atoms with E-state index in [1.54, 1.807) is 6.20 Å². The normalized spacial score (nSPS) is 11.8. The van der Waals surface area contributed by atoms with Crippen LogP contribution in [0.4, 0.5) is 4.79 Å². The number of fused-ring (bicyclic) bond motifs is 1. The van der Waals surface area contributed by atoms with Gasteiger partial charge in [-0.3, -0.25) is 5.32 Å². The van der Waals surface area contributed by atoms with Gasteiger partial charge in [-0.2, -0.15) is 0 Å². The molecule has 0 aromatic heterocycles. The van der Waals surface area contributed by atoms with Crippen LogP contribution < -0.4 is 5.32 Å². The molecule has 104 valence electrons. The average molecular weight is 269 g/mol. The molecule has 3 nitrogen and oxygen atoms in total. The fourth-order valence-corrected chi connectivity index (χ4v) is 1.82. The molecular weight excluding hydrogens is 250 g/mol. The van der Waals surface area contributed by atoms with Gasteiger partial charge in [0.25, 0.3) is 0 Å². The molecule has 0 aliphatic rings. The summed E-state index contributed by atoms with van der Waals surface area (Å²) in [5.74, 6) is 0. The molecule has 2 rings (SSSR count). The zero-order valence-corrected chi connectivity index (χ0v) is 12.0. The van der Waals surface area contributed by atoms with Gasteiger partial charge in [-0.05, 0) is 49.2 Å². The predicted octanol–water partition coefficient (Wildman–Crippen LogP) is 4.34. The van der Waals surface area contributed by atoms with Crippen LogP contribution in [0.1, 0.15) is 26.3 Å². The Hall–Kier alpha value is -2.29. The van der Waals surface area contributed by atoms with Gasteiger partial charge in [0.2, 0.25) is 0 Å². The van der Waals surface area contributed by atoms with E-state index < -0.39 is 11.7 Å². The Morgan fingerprint density at radius 3 is 2.50 bits per heavy atom. The smallest absolute Gasteiger partial charge is 0.411 e. The summed E-state index contributed by atoms with van der Waals surface area (Å²) in [5, 5.41) is 4.97. The fourth-order valence-electron chi connectivity index (χ4n) is 1.82. The van der Waals surface area contributed by atoms with Crippen molar-refractivity contribution < 1.29 is 9.53 Å². The predicted molar refractivity (Wildman–Crippen MR) is 82.4 cm³/mol. The second-order valence-corrected chi connectivity index (χ2v) is 5.59. The summed E-state index contributed by atoms with van der Waals surface area (Å²) < 4.78 is 5.14. The highest BCUT2D eigenvalue weighted by Crippen LogP contribution is 2.16. The molecule has 0 aliphatic heterocycles. The Kier molecular flexibility index (Phi) is 4.08. The molecular formula is C17H19NO2. The third-order valence-corrected chi connectivity index (χ3v) is 2.65. The van der Waals surface area contributed by atoms with Crippen LogP contribution in [0.2, 0.25) is 0 Å².